The highest BCUT2D eigenvalue weighted by atomic mass is 19.1. The molecule has 6 heteroatoms. The Bertz CT molecular complexity index is 1380. The summed E-state index contributed by atoms with van der Waals surface area (Å²) in [6, 6.07) is 19.2. The third-order valence-electron chi connectivity index (χ3n) is 5.65. The number of rotatable bonds is 5. The number of carbonyl (C=O) groups excluding carboxylic acids is 1. The third kappa shape index (κ3) is 5.12. The fourth-order valence-corrected chi connectivity index (χ4v) is 3.91. The number of carbonyl (C=O) groups is 1. The number of urea groups is 1. The monoisotopic (exact) mass is 443 g/mol. The van der Waals surface area contributed by atoms with Crippen molar-refractivity contribution in [3.8, 4) is 0 Å². The van der Waals surface area contributed by atoms with E-state index < -0.39 is 11.8 Å². The van der Waals surface area contributed by atoms with Gasteiger partial charge in [0.2, 0.25) is 0 Å². The highest BCUT2D eigenvalue weighted by Gasteiger charge is 2.18. The van der Waals surface area contributed by atoms with Crippen LogP contribution >= 0.6 is 0 Å². The molecule has 3 aromatic carbocycles. The summed E-state index contributed by atoms with van der Waals surface area (Å²) in [5.74, 6) is -0.518. The molecular weight excluding hydrogens is 417 g/mol. The molecule has 2 amide bonds. The molecule has 0 radical (unpaired) electrons. The van der Waals surface area contributed by atoms with Gasteiger partial charge in [0.15, 0.2) is 0 Å². The molecule has 168 valence electrons. The fourth-order valence-electron chi connectivity index (χ4n) is 3.91. The van der Waals surface area contributed by atoms with Crippen LogP contribution in [0.4, 0.5) is 14.9 Å². The minimum atomic E-state index is -0.518. The van der Waals surface area contributed by atoms with E-state index >= 15 is 0 Å². The number of H-pyrrole nitrogens is 1. The molecule has 0 aliphatic carbocycles. The van der Waals surface area contributed by atoms with Gasteiger partial charge in [-0.05, 0) is 61.7 Å². The molecule has 0 saturated heterocycles. The summed E-state index contributed by atoms with van der Waals surface area (Å²) >= 11 is 0. The number of nitrogens with zero attached hydrogens (tertiary/aromatic N) is 1. The van der Waals surface area contributed by atoms with Gasteiger partial charge in [-0.1, -0.05) is 48.0 Å². The first-order chi connectivity index (χ1) is 15.8. The van der Waals surface area contributed by atoms with Gasteiger partial charge in [-0.15, -0.1) is 0 Å². The first-order valence-corrected chi connectivity index (χ1v) is 10.8. The summed E-state index contributed by atoms with van der Waals surface area (Å²) in [4.78, 5) is 30.5. The van der Waals surface area contributed by atoms with E-state index in [9.17, 15) is 14.0 Å². The largest absolute Gasteiger partial charge is 0.322 e. The second-order valence-corrected chi connectivity index (χ2v) is 8.42. The Labute approximate surface area is 191 Å². The maximum Gasteiger partial charge on any atom is 0.322 e. The second kappa shape index (κ2) is 9.28. The first-order valence-electron chi connectivity index (χ1n) is 10.8. The van der Waals surface area contributed by atoms with Crippen LogP contribution in [0.3, 0.4) is 0 Å². The summed E-state index contributed by atoms with van der Waals surface area (Å²) in [6.07, 6.45) is 0. The molecule has 0 atom stereocenters. The van der Waals surface area contributed by atoms with Crippen LogP contribution in [0, 0.1) is 26.6 Å². The number of amides is 2. The fraction of sp³-hybridized carbons (Fsp3) is 0.185. The van der Waals surface area contributed by atoms with Gasteiger partial charge in [-0.3, -0.25) is 4.79 Å². The van der Waals surface area contributed by atoms with Gasteiger partial charge >= 0.3 is 6.03 Å². The molecule has 0 fully saturated rings. The molecule has 0 aliphatic rings. The molecule has 0 spiro atoms. The predicted octanol–water partition coefficient (Wildman–Crippen LogP) is 5.83. The van der Waals surface area contributed by atoms with Crippen LogP contribution in [0.2, 0.25) is 0 Å². The third-order valence-corrected chi connectivity index (χ3v) is 5.65. The Kier molecular flexibility index (Phi) is 6.27. The molecule has 33 heavy (non-hydrogen) atoms. The highest BCUT2D eigenvalue weighted by molar-refractivity contribution is 5.89. The first kappa shape index (κ1) is 22.3. The van der Waals surface area contributed by atoms with Gasteiger partial charge in [0.05, 0.1) is 12.2 Å². The second-order valence-electron chi connectivity index (χ2n) is 8.42. The lowest BCUT2D eigenvalue weighted by Gasteiger charge is -2.23. The van der Waals surface area contributed by atoms with Crippen LogP contribution in [0.25, 0.3) is 10.9 Å². The van der Waals surface area contributed by atoms with E-state index in [2.05, 4.69) is 16.4 Å². The Morgan fingerprint density at radius 3 is 2.39 bits per heavy atom. The average Bonchev–Trinajstić information content (AvgIpc) is 2.77. The number of pyridine rings is 1. The minimum Gasteiger partial charge on any atom is -0.322 e. The van der Waals surface area contributed by atoms with E-state index in [4.69, 9.17) is 0 Å². The van der Waals surface area contributed by atoms with Crippen molar-refractivity contribution in [3.05, 3.63) is 111 Å². The number of fused-ring (bicyclic) bond motifs is 1. The maximum atomic E-state index is 14.1. The zero-order valence-corrected chi connectivity index (χ0v) is 18.9. The summed E-state index contributed by atoms with van der Waals surface area (Å²) in [5.41, 5.74) is 5.20. The van der Waals surface area contributed by atoms with Crippen molar-refractivity contribution < 1.29 is 9.18 Å². The molecule has 2 N–H and O–H groups in total. The normalized spacial score (nSPS) is 10.9. The van der Waals surface area contributed by atoms with Gasteiger partial charge in [-0.25, -0.2) is 9.18 Å². The molecule has 4 rings (SSSR count). The number of aromatic amines is 1. The van der Waals surface area contributed by atoms with E-state index in [-0.39, 0.29) is 24.3 Å². The van der Waals surface area contributed by atoms with E-state index in [1.165, 1.54) is 17.0 Å². The number of anilines is 1. The van der Waals surface area contributed by atoms with Gasteiger partial charge in [-0.2, -0.15) is 0 Å². The number of aromatic nitrogens is 1. The summed E-state index contributed by atoms with van der Waals surface area (Å²) < 4.78 is 14.1. The quantitative estimate of drug-likeness (QED) is 0.408. The molecule has 0 bridgehead atoms. The lowest BCUT2D eigenvalue weighted by Crippen LogP contribution is -2.36. The molecule has 1 aromatic heterocycles. The number of hydrogen-bond acceptors (Lipinski definition) is 2. The van der Waals surface area contributed by atoms with E-state index in [0.29, 0.717) is 5.56 Å². The van der Waals surface area contributed by atoms with E-state index in [1.807, 2.05) is 57.2 Å². The standard InChI is InChI=1S/C27H26FN3O2/c1-17-8-10-20(11-9-17)15-31(27(33)30-24-7-5-4-6-23(24)28)16-21-14-22-19(3)12-18(2)13-25(22)29-26(21)32/h4-14H,15-16H2,1-3H3,(H,29,32)(H,30,33). The maximum absolute atomic E-state index is 14.1. The lowest BCUT2D eigenvalue weighted by atomic mass is 10.0. The van der Waals surface area contributed by atoms with E-state index in [1.54, 1.807) is 12.1 Å². The Morgan fingerprint density at radius 1 is 0.939 bits per heavy atom. The number of benzene rings is 3. The van der Waals surface area contributed by atoms with Crippen LogP contribution in [-0.4, -0.2) is 15.9 Å². The number of nitrogens with one attached hydrogen (secondary N) is 2. The highest BCUT2D eigenvalue weighted by Crippen LogP contribution is 2.20. The summed E-state index contributed by atoms with van der Waals surface area (Å²) in [6.45, 7) is 6.31. The smallest absolute Gasteiger partial charge is 0.322 e. The number of hydrogen-bond donors (Lipinski definition) is 2. The van der Waals surface area contributed by atoms with Crippen LogP contribution in [-0.2, 0) is 13.1 Å². The van der Waals surface area contributed by atoms with Crippen molar-refractivity contribution in [2.75, 3.05) is 5.32 Å². The Balaban J connectivity index is 1.69. The number of para-hydroxylation sites is 1. The molecule has 4 aromatic rings. The Morgan fingerprint density at radius 2 is 1.67 bits per heavy atom. The van der Waals surface area contributed by atoms with Crippen molar-refractivity contribution in [2.24, 2.45) is 0 Å². The Hall–Kier alpha value is -3.93. The topological polar surface area (TPSA) is 65.2 Å². The van der Waals surface area contributed by atoms with Crippen molar-refractivity contribution in [3.63, 3.8) is 0 Å². The van der Waals surface area contributed by atoms with Crippen molar-refractivity contribution in [2.45, 2.75) is 33.9 Å². The van der Waals surface area contributed by atoms with Gasteiger partial charge < -0.3 is 15.2 Å². The average molecular weight is 444 g/mol. The zero-order chi connectivity index (χ0) is 23.5. The molecular formula is C27H26FN3O2. The SMILES string of the molecule is Cc1ccc(CN(Cc2cc3c(C)cc(C)cc3[nH]c2=O)C(=O)Nc2ccccc2F)cc1. The van der Waals surface area contributed by atoms with E-state index in [0.717, 1.165) is 33.2 Å². The van der Waals surface area contributed by atoms with Crippen LogP contribution in [0.1, 0.15) is 27.8 Å². The van der Waals surface area contributed by atoms with Gasteiger partial charge in [0.1, 0.15) is 5.82 Å². The summed E-state index contributed by atoms with van der Waals surface area (Å²) in [5, 5.41) is 3.57. The summed E-state index contributed by atoms with van der Waals surface area (Å²) in [7, 11) is 0. The number of halogens is 1. The number of aryl methyl sites for hydroxylation is 3. The van der Waals surface area contributed by atoms with Gasteiger partial charge in [0, 0.05) is 23.0 Å². The molecule has 1 heterocycles. The lowest BCUT2D eigenvalue weighted by molar-refractivity contribution is 0.206. The van der Waals surface area contributed by atoms with Crippen LogP contribution in [0.5, 0.6) is 0 Å². The molecule has 0 unspecified atom stereocenters. The van der Waals surface area contributed by atoms with Crippen molar-refractivity contribution in [1.82, 2.24) is 9.88 Å². The van der Waals surface area contributed by atoms with Crippen LogP contribution in [0.15, 0.2) is 71.5 Å². The predicted molar refractivity (Wildman–Crippen MR) is 130 cm³/mol. The molecule has 0 saturated carbocycles. The van der Waals surface area contributed by atoms with Gasteiger partial charge in [0.25, 0.3) is 5.56 Å². The zero-order valence-electron chi connectivity index (χ0n) is 18.9. The van der Waals surface area contributed by atoms with Crippen LogP contribution < -0.4 is 10.9 Å². The van der Waals surface area contributed by atoms with Crippen molar-refractivity contribution in [1.29, 1.82) is 0 Å². The minimum absolute atomic E-state index is 0.0761. The molecule has 0 aliphatic heterocycles. The molecule has 5 nitrogen and oxygen atoms in total. The van der Waals surface area contributed by atoms with Crippen molar-refractivity contribution >= 4 is 22.6 Å².